The van der Waals surface area contributed by atoms with Crippen molar-refractivity contribution in [3.63, 3.8) is 0 Å². The minimum absolute atomic E-state index is 0.0749. The fourth-order valence-electron chi connectivity index (χ4n) is 2.97. The van der Waals surface area contributed by atoms with Crippen molar-refractivity contribution in [1.82, 2.24) is 19.7 Å². The summed E-state index contributed by atoms with van der Waals surface area (Å²) >= 11 is 1.69. The molecule has 0 spiro atoms. The molecular formula is C15H20N4O2S. The van der Waals surface area contributed by atoms with Crippen LogP contribution in [0.3, 0.4) is 0 Å². The molecule has 2 aromatic heterocycles. The van der Waals surface area contributed by atoms with Crippen molar-refractivity contribution in [2.24, 2.45) is 0 Å². The molecule has 3 heterocycles. The van der Waals surface area contributed by atoms with Crippen LogP contribution in [0.2, 0.25) is 0 Å². The average Bonchev–Trinajstić information content (AvgIpc) is 3.08. The van der Waals surface area contributed by atoms with Gasteiger partial charge >= 0.3 is 5.97 Å². The van der Waals surface area contributed by atoms with Gasteiger partial charge in [0, 0.05) is 30.6 Å². The van der Waals surface area contributed by atoms with Crippen LogP contribution in [-0.4, -0.2) is 43.8 Å². The monoisotopic (exact) mass is 320 g/mol. The Morgan fingerprint density at radius 2 is 2.41 bits per heavy atom. The maximum Gasteiger partial charge on any atom is 0.325 e. The third-order valence-corrected chi connectivity index (χ3v) is 4.76. The molecule has 0 unspecified atom stereocenters. The van der Waals surface area contributed by atoms with E-state index in [0.717, 1.165) is 48.9 Å². The molecule has 7 heteroatoms. The molecule has 3 rings (SSSR count). The molecule has 1 fully saturated rings. The number of aromatic nitrogens is 3. The first kappa shape index (κ1) is 15.2. The van der Waals surface area contributed by atoms with Crippen LogP contribution in [0.1, 0.15) is 35.2 Å². The molecule has 22 heavy (non-hydrogen) atoms. The van der Waals surface area contributed by atoms with Gasteiger partial charge in [0.05, 0.1) is 16.4 Å². The van der Waals surface area contributed by atoms with Crippen molar-refractivity contribution < 1.29 is 9.90 Å². The summed E-state index contributed by atoms with van der Waals surface area (Å²) in [7, 11) is 0. The van der Waals surface area contributed by atoms with E-state index in [-0.39, 0.29) is 6.54 Å². The highest BCUT2D eigenvalue weighted by Gasteiger charge is 2.23. The van der Waals surface area contributed by atoms with Crippen LogP contribution in [0.5, 0.6) is 0 Å². The minimum atomic E-state index is -0.862. The Kier molecular flexibility index (Phi) is 4.54. The second-order valence-electron chi connectivity index (χ2n) is 5.76. The number of likely N-dealkylation sites (tertiary alicyclic amines) is 1. The molecule has 0 bridgehead atoms. The topological polar surface area (TPSA) is 71.2 Å². The number of aliphatic carboxylic acids is 1. The Labute approximate surface area is 133 Å². The van der Waals surface area contributed by atoms with Gasteiger partial charge in [-0.15, -0.1) is 11.3 Å². The van der Waals surface area contributed by atoms with Crippen LogP contribution in [-0.2, 0) is 17.9 Å². The summed E-state index contributed by atoms with van der Waals surface area (Å²) in [5.41, 5.74) is 2.14. The molecule has 1 N–H and O–H groups in total. The maximum atomic E-state index is 10.7. The fraction of sp³-hybridized carbons (Fsp3) is 0.533. The predicted molar refractivity (Wildman–Crippen MR) is 84.0 cm³/mol. The van der Waals surface area contributed by atoms with Crippen LogP contribution in [0, 0.1) is 6.92 Å². The number of carboxylic acid groups (broad SMARTS) is 1. The van der Waals surface area contributed by atoms with Crippen molar-refractivity contribution in [1.29, 1.82) is 0 Å². The van der Waals surface area contributed by atoms with Gasteiger partial charge in [-0.3, -0.25) is 14.4 Å². The Bertz CT molecular complexity index is 652. The van der Waals surface area contributed by atoms with Crippen molar-refractivity contribution in [3.8, 4) is 0 Å². The zero-order valence-electron chi connectivity index (χ0n) is 12.6. The van der Waals surface area contributed by atoms with E-state index >= 15 is 0 Å². The second kappa shape index (κ2) is 6.58. The lowest BCUT2D eigenvalue weighted by Gasteiger charge is -2.31. The maximum absolute atomic E-state index is 10.7. The van der Waals surface area contributed by atoms with Crippen LogP contribution < -0.4 is 0 Å². The molecule has 6 nitrogen and oxygen atoms in total. The first-order chi connectivity index (χ1) is 10.6. The van der Waals surface area contributed by atoms with E-state index in [0.29, 0.717) is 5.92 Å². The number of carbonyl (C=O) groups is 1. The summed E-state index contributed by atoms with van der Waals surface area (Å²) in [5, 5.41) is 16.5. The fourth-order valence-corrected chi connectivity index (χ4v) is 3.58. The summed E-state index contributed by atoms with van der Waals surface area (Å²) in [5.74, 6) is -0.484. The molecule has 118 valence electrons. The molecule has 0 radical (unpaired) electrons. The molecule has 1 atom stereocenters. The Morgan fingerprint density at radius 1 is 1.55 bits per heavy atom. The Hall–Kier alpha value is -1.73. The lowest BCUT2D eigenvalue weighted by Crippen LogP contribution is -2.34. The van der Waals surface area contributed by atoms with E-state index in [1.54, 1.807) is 17.5 Å². The van der Waals surface area contributed by atoms with E-state index in [1.165, 1.54) is 4.68 Å². The molecule has 0 aromatic carbocycles. The highest BCUT2D eigenvalue weighted by Crippen LogP contribution is 2.26. The summed E-state index contributed by atoms with van der Waals surface area (Å²) in [6.45, 7) is 4.89. The molecule has 0 aliphatic carbocycles. The number of carboxylic acids is 1. The van der Waals surface area contributed by atoms with E-state index in [1.807, 2.05) is 13.0 Å². The third-order valence-electron chi connectivity index (χ3n) is 3.93. The van der Waals surface area contributed by atoms with E-state index in [2.05, 4.69) is 20.4 Å². The Morgan fingerprint density at radius 3 is 3.14 bits per heavy atom. The van der Waals surface area contributed by atoms with Crippen molar-refractivity contribution in [3.05, 3.63) is 34.0 Å². The van der Waals surface area contributed by atoms with Crippen LogP contribution in [0.25, 0.3) is 0 Å². The molecule has 0 saturated carbocycles. The van der Waals surface area contributed by atoms with Crippen LogP contribution in [0.4, 0.5) is 0 Å². The number of hydrogen-bond acceptors (Lipinski definition) is 5. The predicted octanol–water partition coefficient (Wildman–Crippen LogP) is 2.11. The second-order valence-corrected chi connectivity index (χ2v) is 6.83. The first-order valence-electron chi connectivity index (χ1n) is 7.48. The summed E-state index contributed by atoms with van der Waals surface area (Å²) in [6.07, 6.45) is 4.00. The summed E-state index contributed by atoms with van der Waals surface area (Å²) in [6, 6.07) is 1.95. The van der Waals surface area contributed by atoms with Gasteiger partial charge in [0.2, 0.25) is 0 Å². The zero-order valence-corrected chi connectivity index (χ0v) is 13.4. The highest BCUT2D eigenvalue weighted by atomic mass is 32.1. The Balaban J connectivity index is 1.62. The molecule has 1 saturated heterocycles. The van der Waals surface area contributed by atoms with Gasteiger partial charge in [0.15, 0.2) is 0 Å². The van der Waals surface area contributed by atoms with Gasteiger partial charge in [-0.05, 0) is 32.4 Å². The molecular weight excluding hydrogens is 300 g/mol. The molecule has 1 aliphatic heterocycles. The smallest absolute Gasteiger partial charge is 0.325 e. The van der Waals surface area contributed by atoms with Crippen LogP contribution >= 0.6 is 11.3 Å². The molecule has 2 aromatic rings. The lowest BCUT2D eigenvalue weighted by molar-refractivity contribution is -0.137. The minimum Gasteiger partial charge on any atom is -0.480 e. The van der Waals surface area contributed by atoms with Crippen molar-refractivity contribution in [2.75, 3.05) is 13.1 Å². The average molecular weight is 320 g/mol. The van der Waals surface area contributed by atoms with Crippen LogP contribution in [0.15, 0.2) is 17.6 Å². The number of piperidine rings is 1. The van der Waals surface area contributed by atoms with Gasteiger partial charge < -0.3 is 5.11 Å². The lowest BCUT2D eigenvalue weighted by atomic mass is 9.95. The number of aryl methyl sites for hydroxylation is 1. The SMILES string of the molecule is Cc1nc(CN2CCC[C@H](c3ccn(CC(=O)O)n3)C2)cs1. The van der Waals surface area contributed by atoms with Crippen molar-refractivity contribution in [2.45, 2.75) is 38.8 Å². The number of thiazole rings is 1. The summed E-state index contributed by atoms with van der Waals surface area (Å²) < 4.78 is 1.50. The largest absolute Gasteiger partial charge is 0.480 e. The van der Waals surface area contributed by atoms with Crippen molar-refractivity contribution >= 4 is 17.3 Å². The van der Waals surface area contributed by atoms with E-state index in [9.17, 15) is 4.79 Å². The first-order valence-corrected chi connectivity index (χ1v) is 8.36. The number of rotatable bonds is 5. The van der Waals surface area contributed by atoms with Gasteiger partial charge in [-0.25, -0.2) is 4.98 Å². The molecule has 1 aliphatic rings. The molecule has 0 amide bonds. The number of hydrogen-bond donors (Lipinski definition) is 1. The zero-order chi connectivity index (χ0) is 15.5. The van der Waals surface area contributed by atoms with Gasteiger partial charge in [0.1, 0.15) is 6.54 Å². The van der Waals surface area contributed by atoms with E-state index in [4.69, 9.17) is 5.11 Å². The summed E-state index contributed by atoms with van der Waals surface area (Å²) in [4.78, 5) is 17.7. The van der Waals surface area contributed by atoms with Gasteiger partial charge in [-0.2, -0.15) is 5.10 Å². The highest BCUT2D eigenvalue weighted by molar-refractivity contribution is 7.09. The number of nitrogens with zero attached hydrogens (tertiary/aromatic N) is 4. The quantitative estimate of drug-likeness (QED) is 0.913. The van der Waals surface area contributed by atoms with E-state index < -0.39 is 5.97 Å². The van der Waals surface area contributed by atoms with Gasteiger partial charge in [-0.1, -0.05) is 0 Å². The normalized spacial score (nSPS) is 19.4. The third kappa shape index (κ3) is 3.72. The standard InChI is InChI=1S/C15H20N4O2S/c1-11-16-13(10-22-11)8-18-5-2-3-12(7-18)14-4-6-19(17-14)9-15(20)21/h4,6,10,12H,2-3,5,7-9H2,1H3,(H,20,21)/t12-/m0/s1. The van der Waals surface area contributed by atoms with Gasteiger partial charge in [0.25, 0.3) is 0 Å².